The maximum atomic E-state index is 13.5. The number of nitrogens with zero attached hydrogens (tertiary/aromatic N) is 4. The van der Waals surface area contributed by atoms with Crippen molar-refractivity contribution in [1.82, 2.24) is 19.3 Å². The minimum Gasteiger partial charge on any atom is -0.461 e. The van der Waals surface area contributed by atoms with Crippen LogP contribution in [0.2, 0.25) is 0 Å². The van der Waals surface area contributed by atoms with Gasteiger partial charge in [0.25, 0.3) is 0 Å². The second-order valence-electron chi connectivity index (χ2n) is 8.12. The predicted molar refractivity (Wildman–Crippen MR) is 116 cm³/mol. The molecule has 166 valence electrons. The van der Waals surface area contributed by atoms with Gasteiger partial charge in [0.15, 0.2) is 5.76 Å². The van der Waals surface area contributed by atoms with Crippen molar-refractivity contribution in [2.75, 3.05) is 26.2 Å². The van der Waals surface area contributed by atoms with Gasteiger partial charge in [-0.25, -0.2) is 8.42 Å². The fraction of sp³-hybridized carbons (Fsp3) is 0.455. The summed E-state index contributed by atoms with van der Waals surface area (Å²) in [7, 11) is -3.56. The van der Waals surface area contributed by atoms with E-state index < -0.39 is 10.0 Å². The average Bonchev–Trinajstić information content (AvgIpc) is 3.43. The minimum atomic E-state index is -3.56. The third-order valence-electron chi connectivity index (χ3n) is 6.43. The summed E-state index contributed by atoms with van der Waals surface area (Å²) in [4.78, 5) is 6.95. The van der Waals surface area contributed by atoms with Gasteiger partial charge in [0.1, 0.15) is 0 Å². The number of aromatic nitrogens is 2. The predicted octanol–water partition coefficient (Wildman–Crippen LogP) is 3.38. The summed E-state index contributed by atoms with van der Waals surface area (Å²) >= 11 is 0. The van der Waals surface area contributed by atoms with E-state index in [1.54, 1.807) is 22.7 Å². The standard InChI is InChI=1S/C22H28N4O4S/c1-14-15(2)17(4)21(18(5)16(14)3)31(27,28)26-10-8-25(9-11-26)13-20-23-22(24-30-20)19-7-6-12-29-19/h6-7,12H,8-11,13H2,1-5H3. The molecule has 0 aliphatic carbocycles. The Morgan fingerprint density at radius 1 is 0.935 bits per heavy atom. The van der Waals surface area contributed by atoms with Crippen LogP contribution in [0, 0.1) is 34.6 Å². The van der Waals surface area contributed by atoms with Gasteiger partial charge in [-0.3, -0.25) is 4.90 Å². The first kappa shape index (κ1) is 21.7. The number of hydrogen-bond donors (Lipinski definition) is 0. The average molecular weight is 445 g/mol. The molecule has 9 heteroatoms. The van der Waals surface area contributed by atoms with Crippen LogP contribution in [0.15, 0.2) is 32.2 Å². The fourth-order valence-electron chi connectivity index (χ4n) is 4.13. The lowest BCUT2D eigenvalue weighted by atomic mass is 9.95. The summed E-state index contributed by atoms with van der Waals surface area (Å²) < 4.78 is 39.2. The topological polar surface area (TPSA) is 92.7 Å². The van der Waals surface area contributed by atoms with E-state index in [9.17, 15) is 8.42 Å². The molecule has 0 radical (unpaired) electrons. The fourth-order valence-corrected chi connectivity index (χ4v) is 6.11. The highest BCUT2D eigenvalue weighted by atomic mass is 32.2. The van der Waals surface area contributed by atoms with E-state index >= 15 is 0 Å². The van der Waals surface area contributed by atoms with Gasteiger partial charge < -0.3 is 8.94 Å². The van der Waals surface area contributed by atoms with Gasteiger partial charge in [0.05, 0.1) is 17.7 Å². The Balaban J connectivity index is 1.47. The van der Waals surface area contributed by atoms with Crippen LogP contribution in [0.25, 0.3) is 11.6 Å². The Bertz CT molecular complexity index is 1160. The molecular weight excluding hydrogens is 416 g/mol. The molecule has 8 nitrogen and oxygen atoms in total. The molecule has 2 aromatic heterocycles. The van der Waals surface area contributed by atoms with E-state index in [4.69, 9.17) is 8.94 Å². The Morgan fingerprint density at radius 3 is 2.13 bits per heavy atom. The first-order valence-corrected chi connectivity index (χ1v) is 11.8. The lowest BCUT2D eigenvalue weighted by Gasteiger charge is -2.34. The number of hydrogen-bond acceptors (Lipinski definition) is 7. The van der Waals surface area contributed by atoms with Crippen LogP contribution in [0.5, 0.6) is 0 Å². The summed E-state index contributed by atoms with van der Waals surface area (Å²) in [6.07, 6.45) is 1.56. The first-order valence-electron chi connectivity index (χ1n) is 10.4. The molecule has 0 N–H and O–H groups in total. The van der Waals surface area contributed by atoms with Crippen molar-refractivity contribution in [3.05, 3.63) is 52.1 Å². The van der Waals surface area contributed by atoms with Crippen molar-refractivity contribution >= 4 is 10.0 Å². The number of rotatable bonds is 5. The molecule has 0 atom stereocenters. The Kier molecular flexibility index (Phi) is 5.76. The van der Waals surface area contributed by atoms with Gasteiger partial charge in [0, 0.05) is 26.2 Å². The van der Waals surface area contributed by atoms with Crippen molar-refractivity contribution in [3.8, 4) is 11.6 Å². The molecule has 1 aromatic carbocycles. The van der Waals surface area contributed by atoms with E-state index in [0.29, 0.717) is 55.1 Å². The van der Waals surface area contributed by atoms with Crippen LogP contribution in [0.4, 0.5) is 0 Å². The molecular formula is C22H28N4O4S. The maximum Gasteiger partial charge on any atom is 0.243 e. The second kappa shape index (κ2) is 8.22. The Morgan fingerprint density at radius 2 is 1.55 bits per heavy atom. The van der Waals surface area contributed by atoms with E-state index in [-0.39, 0.29) is 0 Å². The summed E-state index contributed by atoms with van der Waals surface area (Å²) in [5, 5.41) is 3.95. The molecule has 0 bridgehead atoms. The quantitative estimate of drug-likeness (QED) is 0.596. The number of sulfonamides is 1. The van der Waals surface area contributed by atoms with Crippen LogP contribution < -0.4 is 0 Å². The zero-order valence-corrected chi connectivity index (χ0v) is 19.4. The van der Waals surface area contributed by atoms with Gasteiger partial charge in [0.2, 0.25) is 21.7 Å². The van der Waals surface area contributed by atoms with Crippen LogP contribution in [-0.2, 0) is 16.6 Å². The van der Waals surface area contributed by atoms with Crippen molar-refractivity contribution in [3.63, 3.8) is 0 Å². The molecule has 1 fully saturated rings. The molecule has 0 spiro atoms. The monoisotopic (exact) mass is 444 g/mol. The van der Waals surface area contributed by atoms with Gasteiger partial charge >= 0.3 is 0 Å². The highest BCUT2D eigenvalue weighted by Crippen LogP contribution is 2.32. The molecule has 3 heterocycles. The number of benzene rings is 1. The van der Waals surface area contributed by atoms with Crippen molar-refractivity contribution < 1.29 is 17.4 Å². The summed E-state index contributed by atoms with van der Waals surface area (Å²) in [5.41, 5.74) is 4.94. The zero-order valence-electron chi connectivity index (χ0n) is 18.6. The largest absolute Gasteiger partial charge is 0.461 e. The van der Waals surface area contributed by atoms with Crippen LogP contribution in [0.3, 0.4) is 0 Å². The van der Waals surface area contributed by atoms with Gasteiger partial charge in [-0.1, -0.05) is 5.16 Å². The zero-order chi connectivity index (χ0) is 22.3. The van der Waals surface area contributed by atoms with Crippen LogP contribution >= 0.6 is 0 Å². The lowest BCUT2D eigenvalue weighted by molar-refractivity contribution is 0.163. The summed E-state index contributed by atoms with van der Waals surface area (Å²) in [6, 6.07) is 3.54. The Labute approximate surface area is 182 Å². The molecule has 1 aliphatic heterocycles. The summed E-state index contributed by atoms with van der Waals surface area (Å²) in [5.74, 6) is 1.46. The van der Waals surface area contributed by atoms with E-state index in [1.165, 1.54) is 0 Å². The molecule has 3 aromatic rings. The molecule has 1 saturated heterocycles. The SMILES string of the molecule is Cc1c(C)c(C)c(S(=O)(=O)N2CCN(Cc3nc(-c4ccco4)no3)CC2)c(C)c1C. The second-order valence-corrected chi connectivity index (χ2v) is 10.00. The summed E-state index contributed by atoms with van der Waals surface area (Å²) in [6.45, 7) is 12.4. The Hall–Kier alpha value is -2.49. The van der Waals surface area contributed by atoms with Crippen molar-refractivity contribution in [2.24, 2.45) is 0 Å². The van der Waals surface area contributed by atoms with Gasteiger partial charge in [-0.15, -0.1) is 0 Å². The van der Waals surface area contributed by atoms with Gasteiger partial charge in [-0.05, 0) is 74.6 Å². The van der Waals surface area contributed by atoms with E-state index in [1.807, 2.05) is 27.7 Å². The third kappa shape index (κ3) is 3.93. The number of piperazine rings is 1. The van der Waals surface area contributed by atoms with Crippen molar-refractivity contribution in [1.29, 1.82) is 0 Å². The molecule has 0 saturated carbocycles. The molecule has 0 unspecified atom stereocenters. The molecule has 0 amide bonds. The smallest absolute Gasteiger partial charge is 0.243 e. The first-order chi connectivity index (χ1) is 14.7. The van der Waals surface area contributed by atoms with Crippen LogP contribution in [-0.4, -0.2) is 53.9 Å². The molecule has 4 rings (SSSR count). The van der Waals surface area contributed by atoms with Gasteiger partial charge in [-0.2, -0.15) is 9.29 Å². The third-order valence-corrected chi connectivity index (χ3v) is 8.60. The lowest BCUT2D eigenvalue weighted by Crippen LogP contribution is -2.48. The maximum absolute atomic E-state index is 13.5. The van der Waals surface area contributed by atoms with Crippen molar-refractivity contribution in [2.45, 2.75) is 46.1 Å². The minimum absolute atomic E-state index is 0.414. The van der Waals surface area contributed by atoms with Crippen LogP contribution in [0.1, 0.15) is 33.7 Å². The highest BCUT2D eigenvalue weighted by Gasteiger charge is 2.32. The molecule has 1 aliphatic rings. The number of furan rings is 1. The van der Waals surface area contributed by atoms with E-state index in [0.717, 1.165) is 27.8 Å². The molecule has 31 heavy (non-hydrogen) atoms. The van der Waals surface area contributed by atoms with E-state index in [2.05, 4.69) is 22.0 Å². The highest BCUT2D eigenvalue weighted by molar-refractivity contribution is 7.89. The normalized spacial score (nSPS) is 16.2.